The molecule has 40 heavy (non-hydrogen) atoms. The lowest BCUT2D eigenvalue weighted by Crippen LogP contribution is -2.63. The minimum absolute atomic E-state index is 0.0772. The molecule has 3 aromatic carbocycles. The maximum Gasteiger partial charge on any atom is 0.323 e. The van der Waals surface area contributed by atoms with Gasteiger partial charge in [-0.25, -0.2) is 13.1 Å². The fraction of sp³-hybridized carbons (Fsp3) is 0.310. The van der Waals surface area contributed by atoms with Crippen LogP contribution in [-0.4, -0.2) is 62.5 Å². The molecule has 1 heterocycles. The molecule has 1 aliphatic heterocycles. The standard InChI is InChI=1S/C29H30F2N2O6S/c30-29(31,26(19-22-12-6-2-7-13-22)32-40(37,38)24-14-8-3-9-15-24)27(34)25(18-21-10-4-1-5-11-21)33(28(35)36)23-16-17-39-20-23/h1-15,23,25-26,32H,16-20H2,(H,35,36)/p-1/t23-,25-,26?/m0/s1. The lowest BCUT2D eigenvalue weighted by molar-refractivity contribution is -0.270. The van der Waals surface area contributed by atoms with Gasteiger partial charge in [0.1, 0.15) is 6.09 Å². The maximum atomic E-state index is 16.3. The van der Waals surface area contributed by atoms with E-state index in [0.29, 0.717) is 16.0 Å². The van der Waals surface area contributed by atoms with Crippen LogP contribution < -0.4 is 9.83 Å². The summed E-state index contributed by atoms with van der Waals surface area (Å²) >= 11 is 0. The van der Waals surface area contributed by atoms with E-state index in [1.165, 1.54) is 36.4 Å². The zero-order valence-electron chi connectivity index (χ0n) is 21.5. The van der Waals surface area contributed by atoms with Crippen LogP contribution in [0.3, 0.4) is 0 Å². The minimum atomic E-state index is -4.48. The van der Waals surface area contributed by atoms with Gasteiger partial charge in [0.15, 0.2) is 0 Å². The van der Waals surface area contributed by atoms with Crippen LogP contribution >= 0.6 is 0 Å². The van der Waals surface area contributed by atoms with Gasteiger partial charge in [0.25, 0.3) is 0 Å². The summed E-state index contributed by atoms with van der Waals surface area (Å²) in [6.45, 7) is 0.122. The summed E-state index contributed by atoms with van der Waals surface area (Å²) in [6, 6.07) is 18.2. The van der Waals surface area contributed by atoms with E-state index in [4.69, 9.17) is 4.74 Å². The molecule has 0 aliphatic carbocycles. The van der Waals surface area contributed by atoms with E-state index in [2.05, 4.69) is 0 Å². The average Bonchev–Trinajstić information content (AvgIpc) is 3.47. The Bertz CT molecular complexity index is 1390. The van der Waals surface area contributed by atoms with E-state index in [1.54, 1.807) is 54.6 Å². The first-order valence-corrected chi connectivity index (χ1v) is 14.2. The topological polar surface area (TPSA) is 116 Å². The molecular weight excluding hydrogens is 542 g/mol. The molecule has 1 N–H and O–H groups in total. The highest BCUT2D eigenvalue weighted by molar-refractivity contribution is 7.89. The lowest BCUT2D eigenvalue weighted by Gasteiger charge is -2.39. The highest BCUT2D eigenvalue weighted by atomic mass is 32.2. The summed E-state index contributed by atoms with van der Waals surface area (Å²) in [5.41, 5.74) is 0.808. The predicted molar refractivity (Wildman–Crippen MR) is 141 cm³/mol. The summed E-state index contributed by atoms with van der Waals surface area (Å²) in [5, 5.41) is 12.3. The van der Waals surface area contributed by atoms with Crippen molar-refractivity contribution in [1.29, 1.82) is 0 Å². The number of hydrogen-bond donors (Lipinski definition) is 1. The van der Waals surface area contributed by atoms with Crippen molar-refractivity contribution in [2.75, 3.05) is 13.2 Å². The Balaban J connectivity index is 1.74. The summed E-state index contributed by atoms with van der Waals surface area (Å²) < 4.78 is 66.2. The van der Waals surface area contributed by atoms with Gasteiger partial charge in [-0.1, -0.05) is 78.9 Å². The van der Waals surface area contributed by atoms with E-state index in [1.807, 2.05) is 4.72 Å². The molecule has 0 aromatic heterocycles. The Kier molecular flexibility index (Phi) is 9.28. The Morgan fingerprint density at radius 3 is 1.95 bits per heavy atom. The molecule has 1 fully saturated rings. The van der Waals surface area contributed by atoms with Gasteiger partial charge in [0, 0.05) is 13.0 Å². The molecule has 1 unspecified atom stereocenters. The molecule has 3 atom stereocenters. The highest BCUT2D eigenvalue weighted by Gasteiger charge is 2.53. The monoisotopic (exact) mass is 571 g/mol. The molecule has 1 saturated heterocycles. The molecule has 4 rings (SSSR count). The van der Waals surface area contributed by atoms with E-state index in [0.717, 1.165) is 0 Å². The number of nitrogens with one attached hydrogen (secondary N) is 1. The summed E-state index contributed by atoms with van der Waals surface area (Å²) in [6.07, 6.45) is -2.47. The second-order valence-electron chi connectivity index (χ2n) is 9.56. The summed E-state index contributed by atoms with van der Waals surface area (Å²) in [5.74, 6) is -6.05. The molecule has 3 aromatic rings. The van der Waals surface area contributed by atoms with Crippen molar-refractivity contribution in [3.05, 3.63) is 102 Å². The third kappa shape index (κ3) is 6.90. The number of sulfonamides is 1. The van der Waals surface area contributed by atoms with Crippen LogP contribution in [0.1, 0.15) is 17.5 Å². The first-order chi connectivity index (χ1) is 19.1. The molecule has 0 spiro atoms. The Morgan fingerprint density at radius 2 is 1.45 bits per heavy atom. The smallest absolute Gasteiger partial charge is 0.323 e. The van der Waals surface area contributed by atoms with Gasteiger partial charge in [-0.3, -0.25) is 4.79 Å². The van der Waals surface area contributed by atoms with Crippen LogP contribution in [0.5, 0.6) is 0 Å². The van der Waals surface area contributed by atoms with Crippen molar-refractivity contribution < 1.29 is 36.6 Å². The van der Waals surface area contributed by atoms with Gasteiger partial charge in [0.2, 0.25) is 15.8 Å². The van der Waals surface area contributed by atoms with E-state index >= 15 is 8.78 Å². The quantitative estimate of drug-likeness (QED) is 0.358. The number of benzene rings is 3. The molecule has 1 amide bonds. The summed E-state index contributed by atoms with van der Waals surface area (Å²) in [4.78, 5) is 26.4. The van der Waals surface area contributed by atoms with Crippen molar-refractivity contribution in [2.45, 2.75) is 48.2 Å². The molecule has 212 valence electrons. The molecule has 0 radical (unpaired) electrons. The van der Waals surface area contributed by atoms with Gasteiger partial charge in [0.05, 0.1) is 29.6 Å². The Morgan fingerprint density at radius 1 is 0.925 bits per heavy atom. The maximum absolute atomic E-state index is 16.3. The fourth-order valence-corrected chi connectivity index (χ4v) is 6.03. The summed E-state index contributed by atoms with van der Waals surface area (Å²) in [7, 11) is -4.48. The van der Waals surface area contributed by atoms with Gasteiger partial charge in [-0.15, -0.1) is 0 Å². The molecule has 0 saturated carbocycles. The number of hydrogen-bond acceptors (Lipinski definition) is 6. The number of nitrogens with zero attached hydrogens (tertiary/aromatic N) is 1. The van der Waals surface area contributed by atoms with Crippen molar-refractivity contribution in [2.24, 2.45) is 0 Å². The van der Waals surface area contributed by atoms with Crippen LogP contribution in [0.2, 0.25) is 0 Å². The van der Waals surface area contributed by atoms with Crippen LogP contribution in [-0.2, 0) is 32.4 Å². The molecular formula is C29H29F2N2O6S-. The second-order valence-corrected chi connectivity index (χ2v) is 11.3. The minimum Gasteiger partial charge on any atom is -0.530 e. The van der Waals surface area contributed by atoms with Crippen molar-refractivity contribution in [1.82, 2.24) is 9.62 Å². The average molecular weight is 572 g/mol. The number of alkyl halides is 2. The lowest BCUT2D eigenvalue weighted by atomic mass is 9.90. The fourth-order valence-electron chi connectivity index (χ4n) is 4.77. The van der Waals surface area contributed by atoms with E-state index < -0.39 is 52.4 Å². The molecule has 11 heteroatoms. The number of rotatable bonds is 12. The zero-order chi connectivity index (χ0) is 28.8. The second kappa shape index (κ2) is 12.7. The van der Waals surface area contributed by atoms with Crippen LogP contribution in [0.25, 0.3) is 0 Å². The number of carbonyl (C=O) groups is 2. The normalized spacial score (nSPS) is 17.2. The predicted octanol–water partition coefficient (Wildman–Crippen LogP) is 2.83. The van der Waals surface area contributed by atoms with Crippen molar-refractivity contribution in [3.63, 3.8) is 0 Å². The number of halogens is 2. The van der Waals surface area contributed by atoms with E-state index in [-0.39, 0.29) is 31.0 Å². The Hall–Kier alpha value is -3.67. The SMILES string of the molecule is O=C([O-])N([C@H]1CCOC1)[C@@H](Cc1ccccc1)C(=O)C(F)(F)C(Cc1ccccc1)NS(=O)(=O)c1ccccc1. The van der Waals surface area contributed by atoms with Crippen LogP contribution in [0.4, 0.5) is 13.6 Å². The first-order valence-electron chi connectivity index (χ1n) is 12.7. The third-order valence-corrected chi connectivity index (χ3v) is 8.31. The largest absolute Gasteiger partial charge is 0.530 e. The number of Topliss-reactive ketones (excluding diaryl/α,β-unsaturated/α-hetero) is 1. The number of amides is 1. The number of carbonyl (C=O) groups excluding carboxylic acids is 2. The van der Waals surface area contributed by atoms with Gasteiger partial charge < -0.3 is 19.5 Å². The first kappa shape index (κ1) is 29.3. The number of ether oxygens (including phenoxy) is 1. The van der Waals surface area contributed by atoms with Gasteiger partial charge in [-0.2, -0.15) is 8.78 Å². The van der Waals surface area contributed by atoms with Gasteiger partial charge in [-0.05, 0) is 36.1 Å². The molecule has 8 nitrogen and oxygen atoms in total. The van der Waals surface area contributed by atoms with Crippen LogP contribution in [0, 0.1) is 0 Å². The highest BCUT2D eigenvalue weighted by Crippen LogP contribution is 2.30. The Labute approximate surface area is 231 Å². The van der Waals surface area contributed by atoms with Crippen LogP contribution in [0.15, 0.2) is 95.9 Å². The molecule has 1 aliphatic rings. The van der Waals surface area contributed by atoms with Crippen molar-refractivity contribution in [3.8, 4) is 0 Å². The third-order valence-electron chi connectivity index (χ3n) is 6.82. The van der Waals surface area contributed by atoms with Gasteiger partial charge >= 0.3 is 5.92 Å². The van der Waals surface area contributed by atoms with E-state index in [9.17, 15) is 23.1 Å². The zero-order valence-corrected chi connectivity index (χ0v) is 22.3. The van der Waals surface area contributed by atoms with Crippen molar-refractivity contribution >= 4 is 21.9 Å². The number of carboxylic acid groups (broad SMARTS) is 1. The number of ketones is 1. The molecule has 0 bridgehead atoms.